The molecule has 0 aliphatic carbocycles. The van der Waals surface area contributed by atoms with Crippen LogP contribution in [0.2, 0.25) is 0 Å². The maximum atomic E-state index is 12.0. The van der Waals surface area contributed by atoms with E-state index in [-0.39, 0.29) is 17.4 Å². The predicted octanol–water partition coefficient (Wildman–Crippen LogP) is 5.02. The summed E-state index contributed by atoms with van der Waals surface area (Å²) in [6.45, 7) is 8.63. The van der Waals surface area contributed by atoms with Crippen LogP contribution in [-0.2, 0) is 10.2 Å². The molecule has 118 valence electrons. The summed E-state index contributed by atoms with van der Waals surface area (Å²) < 4.78 is 0. The lowest BCUT2D eigenvalue weighted by atomic mass is 9.87. The molecule has 1 aromatic carbocycles. The summed E-state index contributed by atoms with van der Waals surface area (Å²) in [5.74, 6) is 0.524. The lowest BCUT2D eigenvalue weighted by Gasteiger charge is -2.19. The van der Waals surface area contributed by atoms with Crippen molar-refractivity contribution in [3.05, 3.63) is 52.2 Å². The van der Waals surface area contributed by atoms with Crippen molar-refractivity contribution in [3.63, 3.8) is 0 Å². The molecule has 1 atom stereocenters. The van der Waals surface area contributed by atoms with Crippen LogP contribution in [0.3, 0.4) is 0 Å². The maximum Gasteiger partial charge on any atom is 0.230 e. The van der Waals surface area contributed by atoms with Crippen molar-refractivity contribution in [1.82, 2.24) is 5.32 Å². The van der Waals surface area contributed by atoms with E-state index in [0.717, 1.165) is 4.90 Å². The van der Waals surface area contributed by atoms with Crippen molar-refractivity contribution in [3.8, 4) is 0 Å². The molecule has 4 heteroatoms. The van der Waals surface area contributed by atoms with E-state index in [1.807, 2.05) is 24.4 Å². The molecule has 1 unspecified atom stereocenters. The molecule has 0 spiro atoms. The van der Waals surface area contributed by atoms with Gasteiger partial charge in [-0.15, -0.1) is 23.1 Å². The van der Waals surface area contributed by atoms with Gasteiger partial charge in [0.05, 0.1) is 11.8 Å². The first kappa shape index (κ1) is 17.1. The second-order valence-electron chi connectivity index (χ2n) is 6.37. The fraction of sp³-hybridized carbons (Fsp3) is 0.389. The van der Waals surface area contributed by atoms with Gasteiger partial charge in [0.25, 0.3) is 0 Å². The van der Waals surface area contributed by atoms with E-state index in [1.165, 1.54) is 10.4 Å². The third kappa shape index (κ3) is 4.89. The Morgan fingerprint density at radius 2 is 1.91 bits per heavy atom. The van der Waals surface area contributed by atoms with E-state index in [4.69, 9.17) is 0 Å². The molecule has 1 aromatic heterocycles. The summed E-state index contributed by atoms with van der Waals surface area (Å²) in [6, 6.07) is 12.6. The van der Waals surface area contributed by atoms with E-state index in [1.54, 1.807) is 23.1 Å². The summed E-state index contributed by atoms with van der Waals surface area (Å²) in [5.41, 5.74) is 1.48. The highest BCUT2D eigenvalue weighted by Crippen LogP contribution is 2.25. The Hall–Kier alpha value is -1.26. The van der Waals surface area contributed by atoms with E-state index in [0.29, 0.717) is 5.75 Å². The predicted molar refractivity (Wildman–Crippen MR) is 96.7 cm³/mol. The Balaban J connectivity index is 1.83. The number of rotatable bonds is 5. The minimum Gasteiger partial charge on any atom is -0.348 e. The molecule has 2 rings (SSSR count). The first-order chi connectivity index (χ1) is 10.4. The number of thioether (sulfide) groups is 1. The minimum absolute atomic E-state index is 0.0748. The second kappa shape index (κ2) is 7.34. The molecule has 0 saturated heterocycles. The molecular weight excluding hydrogens is 310 g/mol. The van der Waals surface area contributed by atoms with Crippen LogP contribution in [0, 0.1) is 0 Å². The molecule has 0 bridgehead atoms. The van der Waals surface area contributed by atoms with Crippen LogP contribution in [0.25, 0.3) is 0 Å². The first-order valence-electron chi connectivity index (χ1n) is 7.42. The van der Waals surface area contributed by atoms with Crippen LogP contribution >= 0.6 is 23.1 Å². The fourth-order valence-corrected chi connectivity index (χ4v) is 3.54. The summed E-state index contributed by atoms with van der Waals surface area (Å²) >= 11 is 3.25. The maximum absolute atomic E-state index is 12.0. The summed E-state index contributed by atoms with van der Waals surface area (Å²) in [4.78, 5) is 14.3. The highest BCUT2D eigenvalue weighted by atomic mass is 32.2. The molecule has 1 heterocycles. The lowest BCUT2D eigenvalue weighted by molar-refractivity contribution is -0.119. The van der Waals surface area contributed by atoms with Gasteiger partial charge in [-0.1, -0.05) is 39.0 Å². The van der Waals surface area contributed by atoms with Gasteiger partial charge in [-0.25, -0.2) is 0 Å². The van der Waals surface area contributed by atoms with Crippen molar-refractivity contribution < 1.29 is 4.79 Å². The molecular formula is C18H23NOS2. The standard InChI is InChI=1S/C18H23NOS2/c1-13(16-6-5-11-21-16)19-17(20)12-22-15-9-7-14(8-10-15)18(2,3)4/h5-11,13H,12H2,1-4H3,(H,19,20). The molecule has 0 fully saturated rings. The largest absolute Gasteiger partial charge is 0.348 e. The van der Waals surface area contributed by atoms with Crippen LogP contribution in [0.5, 0.6) is 0 Å². The molecule has 1 N–H and O–H groups in total. The quantitative estimate of drug-likeness (QED) is 0.779. The number of benzene rings is 1. The number of nitrogens with one attached hydrogen (secondary N) is 1. The van der Waals surface area contributed by atoms with Crippen molar-refractivity contribution in [2.45, 2.75) is 44.0 Å². The molecule has 2 nitrogen and oxygen atoms in total. The average Bonchev–Trinajstić information content (AvgIpc) is 2.99. The normalized spacial score (nSPS) is 12.9. The SMILES string of the molecule is CC(NC(=O)CSc1ccc(C(C)(C)C)cc1)c1cccs1. The van der Waals surface area contributed by atoms with Gasteiger partial charge in [-0.3, -0.25) is 4.79 Å². The van der Waals surface area contributed by atoms with Gasteiger partial charge in [-0.2, -0.15) is 0 Å². The Kier molecular flexibility index (Phi) is 5.70. The van der Waals surface area contributed by atoms with E-state index in [9.17, 15) is 4.79 Å². The summed E-state index contributed by atoms with van der Waals surface area (Å²) in [7, 11) is 0. The zero-order valence-electron chi connectivity index (χ0n) is 13.6. The topological polar surface area (TPSA) is 29.1 Å². The van der Waals surface area contributed by atoms with Gasteiger partial charge < -0.3 is 5.32 Å². The smallest absolute Gasteiger partial charge is 0.230 e. The van der Waals surface area contributed by atoms with Crippen LogP contribution in [-0.4, -0.2) is 11.7 Å². The van der Waals surface area contributed by atoms with Gasteiger partial charge in [0.1, 0.15) is 0 Å². The molecule has 1 amide bonds. The molecule has 0 aliphatic heterocycles. The number of thiophene rings is 1. The van der Waals surface area contributed by atoms with Crippen molar-refractivity contribution in [2.75, 3.05) is 5.75 Å². The van der Waals surface area contributed by atoms with Crippen LogP contribution in [0.1, 0.15) is 44.2 Å². The number of hydrogen-bond acceptors (Lipinski definition) is 3. The van der Waals surface area contributed by atoms with E-state index in [2.05, 4.69) is 50.4 Å². The average molecular weight is 334 g/mol. The van der Waals surface area contributed by atoms with Crippen molar-refractivity contribution in [2.24, 2.45) is 0 Å². The van der Waals surface area contributed by atoms with Gasteiger partial charge in [0, 0.05) is 9.77 Å². The molecule has 22 heavy (non-hydrogen) atoms. The Morgan fingerprint density at radius 3 is 2.45 bits per heavy atom. The monoisotopic (exact) mass is 333 g/mol. The minimum atomic E-state index is 0.0748. The third-order valence-corrected chi connectivity index (χ3v) is 5.50. The molecule has 0 aliphatic rings. The van der Waals surface area contributed by atoms with Crippen molar-refractivity contribution >= 4 is 29.0 Å². The Morgan fingerprint density at radius 1 is 1.23 bits per heavy atom. The zero-order valence-corrected chi connectivity index (χ0v) is 15.2. The second-order valence-corrected chi connectivity index (χ2v) is 8.40. The number of carbonyl (C=O) groups is 1. The highest BCUT2D eigenvalue weighted by Gasteiger charge is 2.14. The fourth-order valence-electron chi connectivity index (χ4n) is 2.09. The third-order valence-electron chi connectivity index (χ3n) is 3.44. The number of hydrogen-bond donors (Lipinski definition) is 1. The zero-order chi connectivity index (χ0) is 16.2. The first-order valence-corrected chi connectivity index (χ1v) is 9.29. The molecule has 0 saturated carbocycles. The van der Waals surface area contributed by atoms with E-state index < -0.39 is 0 Å². The Labute approximate surface area is 141 Å². The van der Waals surface area contributed by atoms with Gasteiger partial charge in [-0.05, 0) is 41.5 Å². The Bertz CT molecular complexity index is 597. The van der Waals surface area contributed by atoms with Gasteiger partial charge in [0.15, 0.2) is 0 Å². The van der Waals surface area contributed by atoms with Crippen LogP contribution < -0.4 is 5.32 Å². The van der Waals surface area contributed by atoms with Gasteiger partial charge >= 0.3 is 0 Å². The van der Waals surface area contributed by atoms with Gasteiger partial charge in [0.2, 0.25) is 5.91 Å². The lowest BCUT2D eigenvalue weighted by Crippen LogP contribution is -2.27. The van der Waals surface area contributed by atoms with E-state index >= 15 is 0 Å². The number of amides is 1. The van der Waals surface area contributed by atoms with Crippen LogP contribution in [0.4, 0.5) is 0 Å². The molecule has 0 radical (unpaired) electrons. The van der Waals surface area contributed by atoms with Crippen LogP contribution in [0.15, 0.2) is 46.7 Å². The summed E-state index contributed by atoms with van der Waals surface area (Å²) in [5, 5.41) is 5.07. The number of carbonyl (C=O) groups excluding carboxylic acids is 1. The molecule has 2 aromatic rings. The highest BCUT2D eigenvalue weighted by molar-refractivity contribution is 8.00. The summed E-state index contributed by atoms with van der Waals surface area (Å²) in [6.07, 6.45) is 0. The van der Waals surface area contributed by atoms with Crippen molar-refractivity contribution in [1.29, 1.82) is 0 Å².